The lowest BCUT2D eigenvalue weighted by atomic mass is 10.1. The van der Waals surface area contributed by atoms with Crippen molar-refractivity contribution in [2.45, 2.75) is 32.6 Å². The molecular weight excluding hydrogens is 397 g/mol. The maximum atomic E-state index is 13.0. The third-order valence-electron chi connectivity index (χ3n) is 5.41. The molecule has 0 aliphatic carbocycles. The number of carbonyl (C=O) groups is 3. The molecule has 1 aliphatic rings. The summed E-state index contributed by atoms with van der Waals surface area (Å²) >= 11 is 0. The average molecular weight is 426 g/mol. The van der Waals surface area contributed by atoms with E-state index in [1.165, 1.54) is 12.1 Å². The second kappa shape index (κ2) is 10.7. The van der Waals surface area contributed by atoms with Crippen molar-refractivity contribution in [2.75, 3.05) is 25.0 Å². The number of nitrogens with one attached hydrogen (secondary N) is 2. The number of hydrogen-bond acceptors (Lipinski definition) is 3. The highest BCUT2D eigenvalue weighted by Crippen LogP contribution is 2.22. The molecule has 2 aromatic rings. The summed E-state index contributed by atoms with van der Waals surface area (Å²) < 4.78 is 13.0. The molecule has 31 heavy (non-hydrogen) atoms. The Morgan fingerprint density at radius 2 is 1.87 bits per heavy atom. The summed E-state index contributed by atoms with van der Waals surface area (Å²) in [6.07, 6.45) is 2.60. The van der Waals surface area contributed by atoms with Gasteiger partial charge in [-0.3, -0.25) is 14.4 Å². The molecule has 3 rings (SSSR count). The van der Waals surface area contributed by atoms with E-state index < -0.39 is 5.92 Å². The molecule has 2 aromatic carbocycles. The second-order valence-electron chi connectivity index (χ2n) is 7.76. The fourth-order valence-corrected chi connectivity index (χ4v) is 3.58. The molecule has 0 unspecified atom stereocenters. The minimum absolute atomic E-state index is 0.0761. The largest absolute Gasteiger partial charge is 0.352 e. The molecule has 0 aromatic heterocycles. The fraction of sp³-hybridized carbons (Fsp3) is 0.375. The van der Waals surface area contributed by atoms with Gasteiger partial charge in [0.2, 0.25) is 11.8 Å². The number of anilines is 1. The molecular formula is C24H28FN3O3. The van der Waals surface area contributed by atoms with Gasteiger partial charge in [0.1, 0.15) is 5.82 Å². The highest BCUT2D eigenvalue weighted by molar-refractivity contribution is 6.05. The van der Waals surface area contributed by atoms with E-state index in [-0.39, 0.29) is 30.0 Å². The monoisotopic (exact) mass is 425 g/mol. The molecule has 1 aliphatic heterocycles. The lowest BCUT2D eigenvalue weighted by Gasteiger charge is -2.17. The summed E-state index contributed by atoms with van der Waals surface area (Å²) in [7, 11) is 0. The van der Waals surface area contributed by atoms with Crippen molar-refractivity contribution in [3.05, 3.63) is 65.5 Å². The number of unbranched alkanes of at least 4 members (excludes halogenated alkanes) is 1. The van der Waals surface area contributed by atoms with Crippen LogP contribution in [0.3, 0.4) is 0 Å². The van der Waals surface area contributed by atoms with Gasteiger partial charge >= 0.3 is 0 Å². The molecule has 3 amide bonds. The number of benzene rings is 2. The number of rotatable bonds is 9. The topological polar surface area (TPSA) is 78.5 Å². The van der Waals surface area contributed by atoms with Crippen LogP contribution in [0.25, 0.3) is 0 Å². The molecule has 2 N–H and O–H groups in total. The Morgan fingerprint density at radius 1 is 1.13 bits per heavy atom. The molecule has 7 heteroatoms. The van der Waals surface area contributed by atoms with E-state index in [9.17, 15) is 18.8 Å². The van der Waals surface area contributed by atoms with Crippen LogP contribution in [0.2, 0.25) is 0 Å². The lowest BCUT2D eigenvalue weighted by Crippen LogP contribution is -2.30. The third kappa shape index (κ3) is 6.13. The van der Waals surface area contributed by atoms with E-state index in [4.69, 9.17) is 0 Å². The Hall–Kier alpha value is -3.22. The van der Waals surface area contributed by atoms with Gasteiger partial charge in [-0.05, 0) is 42.7 Å². The van der Waals surface area contributed by atoms with E-state index in [0.717, 1.165) is 18.4 Å². The zero-order valence-corrected chi connectivity index (χ0v) is 17.7. The van der Waals surface area contributed by atoms with Gasteiger partial charge in [-0.15, -0.1) is 0 Å². The van der Waals surface area contributed by atoms with Gasteiger partial charge in [-0.25, -0.2) is 4.39 Å². The maximum absolute atomic E-state index is 13.0. The van der Waals surface area contributed by atoms with Crippen LogP contribution < -0.4 is 10.6 Å². The minimum atomic E-state index is -0.475. The lowest BCUT2D eigenvalue weighted by molar-refractivity contribution is -0.128. The zero-order valence-electron chi connectivity index (χ0n) is 17.7. The number of amides is 3. The van der Waals surface area contributed by atoms with Crippen molar-refractivity contribution < 1.29 is 18.8 Å². The number of carbonyl (C=O) groups excluding carboxylic acids is 3. The van der Waals surface area contributed by atoms with Crippen LogP contribution in [0.4, 0.5) is 10.1 Å². The first-order valence-corrected chi connectivity index (χ1v) is 10.7. The van der Waals surface area contributed by atoms with Crippen molar-refractivity contribution in [3.63, 3.8) is 0 Å². The number of nitrogens with zero attached hydrogens (tertiary/aromatic N) is 1. The Balaban J connectivity index is 1.57. The molecule has 164 valence electrons. The Kier molecular flexibility index (Phi) is 7.76. The summed E-state index contributed by atoms with van der Waals surface area (Å²) in [5, 5.41) is 5.68. The summed E-state index contributed by atoms with van der Waals surface area (Å²) in [6.45, 7) is 3.44. The molecule has 1 atom stereocenters. The van der Waals surface area contributed by atoms with Crippen LogP contribution in [0.15, 0.2) is 48.5 Å². The van der Waals surface area contributed by atoms with E-state index in [0.29, 0.717) is 37.3 Å². The van der Waals surface area contributed by atoms with E-state index >= 15 is 0 Å². The van der Waals surface area contributed by atoms with Crippen LogP contribution in [0.1, 0.15) is 42.1 Å². The molecule has 0 saturated carbocycles. The van der Waals surface area contributed by atoms with Gasteiger partial charge in [0.05, 0.1) is 17.2 Å². The van der Waals surface area contributed by atoms with Crippen LogP contribution >= 0.6 is 0 Å². The minimum Gasteiger partial charge on any atom is -0.352 e. The van der Waals surface area contributed by atoms with E-state index in [1.807, 2.05) is 6.92 Å². The van der Waals surface area contributed by atoms with Crippen LogP contribution in [0.5, 0.6) is 0 Å². The summed E-state index contributed by atoms with van der Waals surface area (Å²) in [5.74, 6) is -1.35. The summed E-state index contributed by atoms with van der Waals surface area (Å²) in [4.78, 5) is 39.3. The first kappa shape index (κ1) is 22.5. The van der Waals surface area contributed by atoms with Gasteiger partial charge in [0.25, 0.3) is 5.91 Å². The van der Waals surface area contributed by atoms with Gasteiger partial charge in [0.15, 0.2) is 0 Å². The maximum Gasteiger partial charge on any atom is 0.253 e. The van der Waals surface area contributed by atoms with Gasteiger partial charge < -0.3 is 15.5 Å². The Morgan fingerprint density at radius 3 is 2.61 bits per heavy atom. The predicted molar refractivity (Wildman–Crippen MR) is 117 cm³/mol. The van der Waals surface area contributed by atoms with Crippen molar-refractivity contribution in [1.29, 1.82) is 0 Å². The molecule has 0 spiro atoms. The summed E-state index contributed by atoms with van der Waals surface area (Å²) in [5.41, 5.74) is 1.79. The second-order valence-corrected chi connectivity index (χ2v) is 7.76. The Bertz CT molecular complexity index is 930. The van der Waals surface area contributed by atoms with Crippen LogP contribution in [-0.2, 0) is 16.0 Å². The smallest absolute Gasteiger partial charge is 0.253 e. The molecule has 0 bridgehead atoms. The highest BCUT2D eigenvalue weighted by Gasteiger charge is 2.34. The predicted octanol–water partition coefficient (Wildman–Crippen LogP) is 3.39. The molecule has 0 radical (unpaired) electrons. The number of para-hydroxylation sites is 1. The van der Waals surface area contributed by atoms with E-state index in [2.05, 4.69) is 10.6 Å². The first-order chi connectivity index (χ1) is 15.0. The average Bonchev–Trinajstić information content (AvgIpc) is 3.14. The molecule has 1 saturated heterocycles. The standard InChI is InChI=1S/C24H28FN3O3/c1-2-3-13-26-24(31)20-6-4-5-7-21(20)27-23(30)18-15-22(29)28(16-18)14-12-17-8-10-19(25)11-9-17/h4-11,18H,2-3,12-16H2,1H3,(H,26,31)(H,27,30)/t18-/m1/s1. The van der Waals surface area contributed by atoms with Crippen molar-refractivity contribution in [1.82, 2.24) is 10.2 Å². The normalized spacial score (nSPS) is 15.7. The molecule has 6 nitrogen and oxygen atoms in total. The van der Waals surface area contributed by atoms with Crippen LogP contribution in [-0.4, -0.2) is 42.3 Å². The van der Waals surface area contributed by atoms with Gasteiger partial charge in [-0.1, -0.05) is 37.6 Å². The quantitative estimate of drug-likeness (QED) is 0.605. The van der Waals surface area contributed by atoms with Crippen molar-refractivity contribution in [3.8, 4) is 0 Å². The number of likely N-dealkylation sites (tertiary alicyclic amines) is 1. The van der Waals surface area contributed by atoms with E-state index in [1.54, 1.807) is 41.3 Å². The third-order valence-corrected chi connectivity index (χ3v) is 5.41. The number of halogens is 1. The van der Waals surface area contributed by atoms with Gasteiger partial charge in [-0.2, -0.15) is 0 Å². The van der Waals surface area contributed by atoms with Crippen molar-refractivity contribution in [2.24, 2.45) is 5.92 Å². The first-order valence-electron chi connectivity index (χ1n) is 10.7. The Labute approximate surface area is 181 Å². The summed E-state index contributed by atoms with van der Waals surface area (Å²) in [6, 6.07) is 13.1. The fourth-order valence-electron chi connectivity index (χ4n) is 3.58. The van der Waals surface area contributed by atoms with Crippen molar-refractivity contribution >= 4 is 23.4 Å². The number of hydrogen-bond donors (Lipinski definition) is 2. The van der Waals surface area contributed by atoms with Crippen LogP contribution in [0, 0.1) is 11.7 Å². The molecule has 1 fully saturated rings. The van der Waals surface area contributed by atoms with Gasteiger partial charge in [0, 0.05) is 26.1 Å². The molecule has 1 heterocycles. The SMILES string of the molecule is CCCCNC(=O)c1ccccc1NC(=O)[C@@H]1CC(=O)N(CCc2ccc(F)cc2)C1. The highest BCUT2D eigenvalue weighted by atomic mass is 19.1. The zero-order chi connectivity index (χ0) is 22.2.